The molecule has 0 unspecified atom stereocenters. The smallest absolute Gasteiger partial charge is 0.228 e. The molecule has 0 aromatic heterocycles. The van der Waals surface area contributed by atoms with Crippen LogP contribution >= 0.6 is 0 Å². The molecule has 0 aliphatic carbocycles. The maximum atomic E-state index is 13.2. The lowest BCUT2D eigenvalue weighted by Gasteiger charge is -2.43. The molecule has 0 N–H and O–H groups in total. The molecule has 2 aliphatic heterocycles. The van der Waals surface area contributed by atoms with E-state index in [1.165, 1.54) is 0 Å². The van der Waals surface area contributed by atoms with Crippen LogP contribution in [0.25, 0.3) is 0 Å². The van der Waals surface area contributed by atoms with E-state index in [0.29, 0.717) is 52.3 Å². The van der Waals surface area contributed by atoms with E-state index < -0.39 is 0 Å². The van der Waals surface area contributed by atoms with Crippen LogP contribution in [0.4, 0.5) is 0 Å². The van der Waals surface area contributed by atoms with E-state index >= 15 is 0 Å². The Morgan fingerprint density at radius 1 is 1.23 bits per heavy atom. The third-order valence-corrected chi connectivity index (χ3v) is 5.30. The molecule has 1 aromatic carbocycles. The number of carbonyl (C=O) groups is 2. The van der Waals surface area contributed by atoms with Crippen molar-refractivity contribution in [2.75, 3.05) is 46.6 Å². The minimum Gasteiger partial charge on any atom is -0.383 e. The van der Waals surface area contributed by atoms with Crippen LogP contribution < -0.4 is 0 Å². The van der Waals surface area contributed by atoms with E-state index in [-0.39, 0.29) is 23.8 Å². The molecule has 0 saturated carbocycles. The summed E-state index contributed by atoms with van der Waals surface area (Å²) in [5, 5.41) is 0. The average Bonchev–Trinajstić information content (AvgIpc) is 2.68. The first kappa shape index (κ1) is 18.9. The molecular formula is C20H28N2O4. The fourth-order valence-corrected chi connectivity index (χ4v) is 3.86. The van der Waals surface area contributed by atoms with Gasteiger partial charge in [-0.05, 0) is 18.9 Å². The molecule has 2 heterocycles. The molecule has 2 saturated heterocycles. The van der Waals surface area contributed by atoms with Crippen LogP contribution in [-0.4, -0.2) is 68.2 Å². The van der Waals surface area contributed by atoms with Gasteiger partial charge in [-0.15, -0.1) is 0 Å². The van der Waals surface area contributed by atoms with Crippen LogP contribution in [0.3, 0.4) is 0 Å². The summed E-state index contributed by atoms with van der Waals surface area (Å²) in [5.41, 5.74) is 2.18. The molecule has 0 radical (unpaired) electrons. The van der Waals surface area contributed by atoms with Gasteiger partial charge in [0.25, 0.3) is 0 Å². The van der Waals surface area contributed by atoms with Crippen LogP contribution in [0, 0.1) is 12.8 Å². The van der Waals surface area contributed by atoms with Crippen molar-refractivity contribution in [1.82, 2.24) is 9.80 Å². The van der Waals surface area contributed by atoms with E-state index in [1.807, 2.05) is 41.0 Å². The molecule has 0 bridgehead atoms. The third-order valence-electron chi connectivity index (χ3n) is 5.30. The number of carbonyl (C=O) groups excluding carboxylic acids is 2. The lowest BCUT2D eigenvalue weighted by Crippen LogP contribution is -2.51. The molecule has 142 valence electrons. The van der Waals surface area contributed by atoms with Crippen LogP contribution in [0.1, 0.15) is 30.0 Å². The number of ether oxygens (including phenoxy) is 2. The molecule has 2 amide bonds. The van der Waals surface area contributed by atoms with Crippen molar-refractivity contribution in [3.63, 3.8) is 0 Å². The van der Waals surface area contributed by atoms with Gasteiger partial charge in [-0.3, -0.25) is 9.59 Å². The van der Waals surface area contributed by atoms with Crippen LogP contribution in [-0.2, 0) is 19.1 Å². The minimum absolute atomic E-state index is 0.0960. The number of morpholine rings is 1. The summed E-state index contributed by atoms with van der Waals surface area (Å²) in [6.45, 7) is 5.42. The Balaban J connectivity index is 1.90. The van der Waals surface area contributed by atoms with Gasteiger partial charge in [0.15, 0.2) is 0 Å². The zero-order valence-electron chi connectivity index (χ0n) is 15.6. The van der Waals surface area contributed by atoms with Gasteiger partial charge in [0.1, 0.15) is 0 Å². The van der Waals surface area contributed by atoms with Crippen molar-refractivity contribution in [3.05, 3.63) is 35.4 Å². The Morgan fingerprint density at radius 2 is 1.92 bits per heavy atom. The van der Waals surface area contributed by atoms with E-state index in [1.54, 1.807) is 7.11 Å². The highest BCUT2D eigenvalue weighted by molar-refractivity contribution is 5.85. The predicted octanol–water partition coefficient (Wildman–Crippen LogP) is 1.78. The number of nitrogens with zero attached hydrogens (tertiary/aromatic N) is 2. The van der Waals surface area contributed by atoms with E-state index in [4.69, 9.17) is 9.47 Å². The first-order valence-electron chi connectivity index (χ1n) is 9.33. The molecule has 3 rings (SSSR count). The number of piperidine rings is 1. The highest BCUT2D eigenvalue weighted by atomic mass is 16.5. The number of benzene rings is 1. The van der Waals surface area contributed by atoms with Crippen LogP contribution in [0.15, 0.2) is 24.3 Å². The Bertz CT molecular complexity index is 625. The summed E-state index contributed by atoms with van der Waals surface area (Å²) in [5.74, 6) is 0.0119. The first-order chi connectivity index (χ1) is 12.6. The summed E-state index contributed by atoms with van der Waals surface area (Å²) >= 11 is 0. The van der Waals surface area contributed by atoms with E-state index in [9.17, 15) is 9.59 Å². The lowest BCUT2D eigenvalue weighted by atomic mass is 9.83. The topological polar surface area (TPSA) is 59.1 Å². The Kier molecular flexibility index (Phi) is 6.27. The number of methoxy groups -OCH3 is 1. The van der Waals surface area contributed by atoms with Crippen LogP contribution in [0.2, 0.25) is 0 Å². The largest absolute Gasteiger partial charge is 0.383 e. The fourth-order valence-electron chi connectivity index (χ4n) is 3.86. The van der Waals surface area contributed by atoms with E-state index in [0.717, 1.165) is 11.1 Å². The Morgan fingerprint density at radius 3 is 2.58 bits per heavy atom. The van der Waals surface area contributed by atoms with Gasteiger partial charge in [0, 0.05) is 33.2 Å². The molecule has 0 spiro atoms. The van der Waals surface area contributed by atoms with Crippen molar-refractivity contribution in [3.8, 4) is 0 Å². The molecule has 6 nitrogen and oxygen atoms in total. The number of aryl methyl sites for hydroxylation is 1. The van der Waals surface area contributed by atoms with Gasteiger partial charge in [-0.2, -0.15) is 0 Å². The number of rotatable bonds is 5. The summed E-state index contributed by atoms with van der Waals surface area (Å²) in [7, 11) is 1.63. The number of hydrogen-bond donors (Lipinski definition) is 0. The zero-order chi connectivity index (χ0) is 18.5. The van der Waals surface area contributed by atoms with Gasteiger partial charge in [-0.1, -0.05) is 29.8 Å². The van der Waals surface area contributed by atoms with Crippen molar-refractivity contribution in [2.24, 2.45) is 5.92 Å². The summed E-state index contributed by atoms with van der Waals surface area (Å²) < 4.78 is 10.6. The molecule has 6 heteroatoms. The normalized spacial score (nSPS) is 24.0. The summed E-state index contributed by atoms with van der Waals surface area (Å²) in [4.78, 5) is 29.6. The predicted molar refractivity (Wildman–Crippen MR) is 97.6 cm³/mol. The Labute approximate surface area is 155 Å². The number of amides is 2. The number of likely N-dealkylation sites (tertiary alicyclic amines) is 1. The minimum atomic E-state index is -0.234. The second-order valence-corrected chi connectivity index (χ2v) is 7.02. The zero-order valence-corrected chi connectivity index (χ0v) is 15.6. The van der Waals surface area contributed by atoms with Crippen LogP contribution in [0.5, 0.6) is 0 Å². The number of hydrogen-bond acceptors (Lipinski definition) is 4. The highest BCUT2D eigenvalue weighted by Gasteiger charge is 2.42. The second-order valence-electron chi connectivity index (χ2n) is 7.02. The molecule has 26 heavy (non-hydrogen) atoms. The third kappa shape index (κ3) is 4.07. The SMILES string of the molecule is COCCN1C(=O)CC[C@@H](C(=O)N2CCOCC2)[C@H]1c1ccc(C)cc1. The second kappa shape index (κ2) is 8.64. The molecule has 2 fully saturated rings. The summed E-state index contributed by atoms with van der Waals surface area (Å²) in [6.07, 6.45) is 1.00. The molecule has 1 aromatic rings. The van der Waals surface area contributed by atoms with Crippen molar-refractivity contribution in [2.45, 2.75) is 25.8 Å². The maximum absolute atomic E-state index is 13.2. The van der Waals surface area contributed by atoms with Gasteiger partial charge in [-0.25, -0.2) is 0 Å². The molecular weight excluding hydrogens is 332 g/mol. The van der Waals surface area contributed by atoms with E-state index in [2.05, 4.69) is 0 Å². The first-order valence-corrected chi connectivity index (χ1v) is 9.33. The van der Waals surface area contributed by atoms with Crippen molar-refractivity contribution >= 4 is 11.8 Å². The summed E-state index contributed by atoms with van der Waals surface area (Å²) in [6, 6.07) is 7.93. The van der Waals surface area contributed by atoms with Gasteiger partial charge in [0.2, 0.25) is 11.8 Å². The fraction of sp³-hybridized carbons (Fsp3) is 0.600. The maximum Gasteiger partial charge on any atom is 0.228 e. The standard InChI is InChI=1S/C20H28N2O4/c1-15-3-5-16(6-4-15)19-17(20(24)21-9-13-26-14-10-21)7-8-18(23)22(19)11-12-25-2/h3-6,17,19H,7-14H2,1-2H3/t17-,19-/m1/s1. The van der Waals surface area contributed by atoms with Gasteiger partial charge >= 0.3 is 0 Å². The van der Waals surface area contributed by atoms with Gasteiger partial charge < -0.3 is 19.3 Å². The van der Waals surface area contributed by atoms with Crippen molar-refractivity contribution in [1.29, 1.82) is 0 Å². The average molecular weight is 360 g/mol. The molecule has 2 aliphatic rings. The molecule has 2 atom stereocenters. The van der Waals surface area contributed by atoms with Crippen molar-refractivity contribution < 1.29 is 19.1 Å². The highest BCUT2D eigenvalue weighted by Crippen LogP contribution is 2.38. The quantitative estimate of drug-likeness (QED) is 0.803. The lowest BCUT2D eigenvalue weighted by molar-refractivity contribution is -0.151. The van der Waals surface area contributed by atoms with Gasteiger partial charge in [0.05, 0.1) is 31.8 Å². The Hall–Kier alpha value is -1.92. The monoisotopic (exact) mass is 360 g/mol.